The number of pyridine rings is 1. The largest absolute Gasteiger partial charge is 0.405 e. The molecule has 3 rings (SSSR count). The van der Waals surface area contributed by atoms with Crippen molar-refractivity contribution in [3.05, 3.63) is 96.0 Å². The zero-order chi connectivity index (χ0) is 24.2. The van der Waals surface area contributed by atoms with Crippen molar-refractivity contribution in [2.24, 2.45) is 16.8 Å². The molecular weight excluding hydrogens is 436 g/mol. The van der Waals surface area contributed by atoms with E-state index in [1.165, 1.54) is 41.9 Å². The lowest BCUT2D eigenvalue weighted by Gasteiger charge is -2.01. The normalized spacial score (nSPS) is 12.6. The Morgan fingerprint density at radius 1 is 1.25 bits per heavy atom. The average Bonchev–Trinajstić information content (AvgIpc) is 3.60. The molecule has 0 spiro atoms. The van der Waals surface area contributed by atoms with Gasteiger partial charge in [0.1, 0.15) is 0 Å². The lowest BCUT2D eigenvalue weighted by molar-refractivity contribution is 0.665. The zero-order valence-corrected chi connectivity index (χ0v) is 20.4. The van der Waals surface area contributed by atoms with Crippen LogP contribution in [0.4, 0.5) is 0 Å². The van der Waals surface area contributed by atoms with Gasteiger partial charge in [-0.2, -0.15) is 0 Å². The first-order chi connectivity index (χ1) is 15.4. The van der Waals surface area contributed by atoms with Crippen LogP contribution in [0.5, 0.6) is 0 Å². The molecule has 1 aromatic carbocycles. The summed E-state index contributed by atoms with van der Waals surface area (Å²) in [5.74, 6) is 0.820. The van der Waals surface area contributed by atoms with Crippen LogP contribution < -0.4 is 10.9 Å². The van der Waals surface area contributed by atoms with Crippen molar-refractivity contribution in [1.29, 1.82) is 5.41 Å². The fourth-order valence-electron chi connectivity index (χ4n) is 2.22. The summed E-state index contributed by atoms with van der Waals surface area (Å²) in [6.07, 6.45) is 19.3. The van der Waals surface area contributed by atoms with Crippen molar-refractivity contribution in [2.45, 2.75) is 31.6 Å². The first-order valence-electron chi connectivity index (χ1n) is 9.98. The molecule has 1 aliphatic rings. The van der Waals surface area contributed by atoms with E-state index in [0.29, 0.717) is 0 Å². The van der Waals surface area contributed by atoms with Crippen LogP contribution in [0.2, 0.25) is 0 Å². The first-order valence-corrected chi connectivity index (χ1v) is 11.3. The highest BCUT2D eigenvalue weighted by Gasteiger charge is 2.17. The van der Waals surface area contributed by atoms with Crippen molar-refractivity contribution in [2.75, 3.05) is 0 Å². The van der Waals surface area contributed by atoms with E-state index >= 15 is 0 Å². The highest BCUT2D eigenvalue weighted by atomic mass is 32.2. The molecule has 0 bridgehead atoms. The minimum Gasteiger partial charge on any atom is -0.405 e. The first kappa shape index (κ1) is 29.4. The van der Waals surface area contributed by atoms with Gasteiger partial charge in [0.2, 0.25) is 0 Å². The summed E-state index contributed by atoms with van der Waals surface area (Å²) < 4.78 is 7.26. The van der Waals surface area contributed by atoms with E-state index in [9.17, 15) is 0 Å². The van der Waals surface area contributed by atoms with Crippen LogP contribution in [0.25, 0.3) is 12.2 Å². The average molecular weight is 471 g/mol. The molecule has 1 heterocycles. The standard InChI is InChI=1S/C12H13N.C11H13NS.C2H5N.H3NOS/c1-11(10-13)6-5-9-12-7-3-2-4-8-12;1-8-6-12-7-11(13)10(8)5-4-9-2-3-9;1-2-3;1-3-2/h2-10,13H,1H3;4-7,9,13H,2-3H2,1H3;2H,1,3H2;2H,1H2/b9-5+,11-6-,13-10?;5-4+;;. The summed E-state index contributed by atoms with van der Waals surface area (Å²) in [6.45, 7) is 7.11. The van der Waals surface area contributed by atoms with Gasteiger partial charge in [-0.3, -0.25) is 10.1 Å². The third-order valence-electron chi connectivity index (χ3n) is 4.00. The SMILES string of the molecule is C/C(C=N)=C/C=C/c1ccccc1.C=CN.Cc1cncc(S)c1/C=C/C1CC1.NSO. The molecule has 1 fully saturated rings. The van der Waals surface area contributed by atoms with Gasteiger partial charge in [0.05, 0.1) is 12.2 Å². The summed E-state index contributed by atoms with van der Waals surface area (Å²) in [5, 5.41) is 11.3. The Morgan fingerprint density at radius 3 is 2.34 bits per heavy atom. The molecule has 0 amide bonds. The second-order valence-corrected chi connectivity index (χ2v) is 7.44. The van der Waals surface area contributed by atoms with Gasteiger partial charge in [0.25, 0.3) is 0 Å². The van der Waals surface area contributed by atoms with Crippen LogP contribution in [0.1, 0.15) is 36.5 Å². The predicted octanol–water partition coefficient (Wildman–Crippen LogP) is 6.55. The Hall–Kier alpha value is -2.58. The van der Waals surface area contributed by atoms with Gasteiger partial charge in [0, 0.05) is 23.5 Å². The Bertz CT molecular complexity index is 857. The number of aromatic nitrogens is 1. The van der Waals surface area contributed by atoms with Crippen molar-refractivity contribution < 1.29 is 4.55 Å². The van der Waals surface area contributed by atoms with E-state index in [-0.39, 0.29) is 12.2 Å². The van der Waals surface area contributed by atoms with Gasteiger partial charge in [-0.1, -0.05) is 67.3 Å². The lowest BCUT2D eigenvalue weighted by Crippen LogP contribution is -1.85. The van der Waals surface area contributed by atoms with Crippen LogP contribution in [0.3, 0.4) is 0 Å². The monoisotopic (exact) mass is 470 g/mol. The molecule has 5 nitrogen and oxygen atoms in total. The maximum atomic E-state index is 7.26. The third-order valence-corrected chi connectivity index (χ3v) is 4.35. The summed E-state index contributed by atoms with van der Waals surface area (Å²) in [5.41, 5.74) is 9.15. The number of nitrogens with zero attached hydrogens (tertiary/aromatic N) is 1. The second-order valence-electron chi connectivity index (χ2n) is 6.75. The number of allylic oxidation sites excluding steroid dienone is 4. The van der Waals surface area contributed by atoms with Crippen molar-refractivity contribution in [1.82, 2.24) is 4.98 Å². The Kier molecular flexibility index (Phi) is 17.6. The maximum Gasteiger partial charge on any atom is 0.0729 e. The number of hydrogen-bond donors (Lipinski definition) is 5. The molecular formula is C25H34N4OS2. The molecule has 0 radical (unpaired) electrons. The molecule has 0 saturated heterocycles. The molecule has 0 unspecified atom stereocenters. The van der Waals surface area contributed by atoms with Crippen LogP contribution in [-0.2, 0) is 0 Å². The van der Waals surface area contributed by atoms with E-state index in [1.54, 1.807) is 6.20 Å². The quantitative estimate of drug-likeness (QED) is 0.112. The van der Waals surface area contributed by atoms with Gasteiger partial charge in [0.15, 0.2) is 0 Å². The van der Waals surface area contributed by atoms with E-state index in [2.05, 4.69) is 54.1 Å². The van der Waals surface area contributed by atoms with Gasteiger partial charge in [-0.05, 0) is 61.1 Å². The summed E-state index contributed by atoms with van der Waals surface area (Å²) in [7, 11) is 0. The summed E-state index contributed by atoms with van der Waals surface area (Å²) in [4.78, 5) is 5.05. The van der Waals surface area contributed by atoms with E-state index in [0.717, 1.165) is 16.4 Å². The molecule has 6 N–H and O–H groups in total. The Balaban J connectivity index is 0.000000483. The minimum absolute atomic E-state index is 0.250. The summed E-state index contributed by atoms with van der Waals surface area (Å²) in [6, 6.07) is 10.1. The molecule has 172 valence electrons. The minimum atomic E-state index is 0.250. The van der Waals surface area contributed by atoms with E-state index in [1.807, 2.05) is 61.7 Å². The van der Waals surface area contributed by atoms with Gasteiger partial charge in [-0.25, -0.2) is 0 Å². The second kappa shape index (κ2) is 19.1. The fraction of sp³-hybridized carbons (Fsp3) is 0.200. The number of aryl methyl sites for hydroxylation is 1. The number of thiol groups is 1. The number of nitrogens with one attached hydrogen (secondary N) is 1. The highest BCUT2D eigenvalue weighted by Crippen LogP contribution is 2.31. The predicted molar refractivity (Wildman–Crippen MR) is 145 cm³/mol. The smallest absolute Gasteiger partial charge is 0.0729 e. The van der Waals surface area contributed by atoms with Crippen molar-refractivity contribution in [3.8, 4) is 0 Å². The van der Waals surface area contributed by atoms with Gasteiger partial charge in [-0.15, -0.1) is 12.6 Å². The maximum absolute atomic E-state index is 7.26. The fourth-order valence-corrected chi connectivity index (χ4v) is 2.54. The molecule has 1 aliphatic carbocycles. The number of hydrogen-bond acceptors (Lipinski definition) is 7. The van der Waals surface area contributed by atoms with Gasteiger partial charge >= 0.3 is 0 Å². The third kappa shape index (κ3) is 15.3. The van der Waals surface area contributed by atoms with E-state index < -0.39 is 0 Å². The molecule has 32 heavy (non-hydrogen) atoms. The Morgan fingerprint density at radius 2 is 1.84 bits per heavy atom. The lowest BCUT2D eigenvalue weighted by atomic mass is 10.1. The van der Waals surface area contributed by atoms with Crippen LogP contribution in [0, 0.1) is 18.3 Å². The topological polar surface area (TPSA) is 109 Å². The van der Waals surface area contributed by atoms with Crippen molar-refractivity contribution >= 4 is 43.2 Å². The molecule has 2 aromatic rings. The molecule has 1 saturated carbocycles. The Labute approximate surface area is 202 Å². The zero-order valence-electron chi connectivity index (χ0n) is 18.7. The molecule has 7 heteroatoms. The van der Waals surface area contributed by atoms with Gasteiger partial charge < -0.3 is 15.7 Å². The number of benzene rings is 1. The number of rotatable bonds is 5. The highest BCUT2D eigenvalue weighted by molar-refractivity contribution is 7.91. The van der Waals surface area contributed by atoms with Crippen LogP contribution in [0.15, 0.2) is 84.2 Å². The molecule has 1 aromatic heterocycles. The summed E-state index contributed by atoms with van der Waals surface area (Å²) >= 11 is 4.63. The van der Waals surface area contributed by atoms with Crippen LogP contribution in [-0.4, -0.2) is 15.8 Å². The van der Waals surface area contributed by atoms with Crippen molar-refractivity contribution in [3.63, 3.8) is 0 Å². The number of nitrogens with two attached hydrogens (primary N) is 2. The molecule has 0 aliphatic heterocycles. The van der Waals surface area contributed by atoms with Crippen LogP contribution >= 0.6 is 24.9 Å². The van der Waals surface area contributed by atoms with E-state index in [4.69, 9.17) is 9.96 Å². The molecule has 0 atom stereocenters.